The zero-order valence-electron chi connectivity index (χ0n) is 12.6. The number of phenolic OH excluding ortho intramolecular Hbond substituents is 1. The van der Waals surface area contributed by atoms with Crippen molar-refractivity contribution < 1.29 is 5.11 Å². The Bertz CT molecular complexity index is 564. The minimum atomic E-state index is 0.383. The first-order valence-electron chi connectivity index (χ1n) is 7.51. The number of anilines is 1. The van der Waals surface area contributed by atoms with Crippen LogP contribution in [0.5, 0.6) is 5.75 Å². The molecule has 21 heavy (non-hydrogen) atoms. The maximum Gasteiger partial charge on any atom is 0.120 e. The lowest BCUT2D eigenvalue weighted by atomic mass is 10.0. The minimum Gasteiger partial charge on any atom is -0.508 e. The normalized spacial score (nSPS) is 10.6. The third-order valence-corrected chi connectivity index (χ3v) is 3.82. The fraction of sp³-hybridized carbons (Fsp3) is 0.333. The number of unbranched alkanes of at least 4 members (excludes halogenated alkanes) is 1. The Balaban J connectivity index is 1.84. The van der Waals surface area contributed by atoms with Crippen LogP contribution in [0.25, 0.3) is 0 Å². The summed E-state index contributed by atoms with van der Waals surface area (Å²) in [5.41, 5.74) is 10.1. The lowest BCUT2D eigenvalue weighted by Crippen LogP contribution is -1.97. The van der Waals surface area contributed by atoms with Crippen molar-refractivity contribution in [3.63, 3.8) is 0 Å². The van der Waals surface area contributed by atoms with E-state index in [1.54, 1.807) is 6.07 Å². The van der Waals surface area contributed by atoms with Crippen LogP contribution in [-0.2, 0) is 19.4 Å². The summed E-state index contributed by atoms with van der Waals surface area (Å²) in [6.45, 7) is 0.598. The fourth-order valence-electron chi connectivity index (χ4n) is 2.54. The monoisotopic (exact) mass is 284 g/mol. The first-order valence-corrected chi connectivity index (χ1v) is 7.51. The molecule has 0 radical (unpaired) electrons. The van der Waals surface area contributed by atoms with Crippen molar-refractivity contribution in [2.24, 2.45) is 5.73 Å². The third kappa shape index (κ3) is 4.23. The molecule has 0 saturated heterocycles. The van der Waals surface area contributed by atoms with Crippen molar-refractivity contribution in [1.29, 1.82) is 0 Å². The second-order valence-corrected chi connectivity index (χ2v) is 5.28. The van der Waals surface area contributed by atoms with E-state index in [9.17, 15) is 5.11 Å². The highest BCUT2D eigenvalue weighted by Gasteiger charge is 2.06. The SMILES string of the molecule is CNc1cccc(O)c1CCCCc1ccc(CN)cc1. The molecule has 0 bridgehead atoms. The van der Waals surface area contributed by atoms with Gasteiger partial charge in [-0.25, -0.2) is 0 Å². The van der Waals surface area contributed by atoms with Crippen LogP contribution in [-0.4, -0.2) is 12.2 Å². The minimum absolute atomic E-state index is 0.383. The Morgan fingerprint density at radius 2 is 1.62 bits per heavy atom. The number of hydrogen-bond acceptors (Lipinski definition) is 3. The number of aromatic hydroxyl groups is 1. The van der Waals surface area contributed by atoms with Gasteiger partial charge in [-0.1, -0.05) is 30.3 Å². The summed E-state index contributed by atoms with van der Waals surface area (Å²) in [5, 5.41) is 13.1. The Kier molecular flexibility index (Phi) is 5.64. The number of phenols is 1. The molecular weight excluding hydrogens is 260 g/mol. The average Bonchev–Trinajstić information content (AvgIpc) is 2.53. The topological polar surface area (TPSA) is 58.3 Å². The summed E-state index contributed by atoms with van der Waals surface area (Å²) in [4.78, 5) is 0. The zero-order valence-corrected chi connectivity index (χ0v) is 12.6. The Labute approximate surface area is 126 Å². The molecule has 0 aliphatic carbocycles. The van der Waals surface area contributed by atoms with E-state index in [1.165, 1.54) is 11.1 Å². The molecule has 0 aliphatic rings. The van der Waals surface area contributed by atoms with Gasteiger partial charge in [0.15, 0.2) is 0 Å². The lowest BCUT2D eigenvalue weighted by molar-refractivity contribution is 0.467. The molecule has 4 N–H and O–H groups in total. The third-order valence-electron chi connectivity index (χ3n) is 3.82. The highest BCUT2D eigenvalue weighted by molar-refractivity contribution is 5.56. The van der Waals surface area contributed by atoms with Gasteiger partial charge in [-0.05, 0) is 48.9 Å². The van der Waals surface area contributed by atoms with Gasteiger partial charge in [0.2, 0.25) is 0 Å². The lowest BCUT2D eigenvalue weighted by Gasteiger charge is -2.11. The molecule has 0 aliphatic heterocycles. The molecular formula is C18H24N2O. The highest BCUT2D eigenvalue weighted by Crippen LogP contribution is 2.27. The van der Waals surface area contributed by atoms with E-state index >= 15 is 0 Å². The number of nitrogens with one attached hydrogen (secondary N) is 1. The summed E-state index contributed by atoms with van der Waals surface area (Å²) in [6, 6.07) is 14.1. The van der Waals surface area contributed by atoms with Crippen LogP contribution >= 0.6 is 0 Å². The molecule has 0 saturated carbocycles. The quantitative estimate of drug-likeness (QED) is 0.682. The predicted octanol–water partition coefficient (Wildman–Crippen LogP) is 3.46. The van der Waals surface area contributed by atoms with Gasteiger partial charge < -0.3 is 16.2 Å². The molecule has 2 aromatic carbocycles. The average molecular weight is 284 g/mol. The second-order valence-electron chi connectivity index (χ2n) is 5.28. The molecule has 2 aromatic rings. The molecule has 0 amide bonds. The van der Waals surface area contributed by atoms with Gasteiger partial charge >= 0.3 is 0 Å². The van der Waals surface area contributed by atoms with E-state index in [2.05, 4.69) is 29.6 Å². The molecule has 0 heterocycles. The second kappa shape index (κ2) is 7.70. The Morgan fingerprint density at radius 1 is 0.952 bits per heavy atom. The fourth-order valence-corrected chi connectivity index (χ4v) is 2.54. The van der Waals surface area contributed by atoms with Crippen molar-refractivity contribution in [2.75, 3.05) is 12.4 Å². The van der Waals surface area contributed by atoms with E-state index in [0.29, 0.717) is 12.3 Å². The van der Waals surface area contributed by atoms with Crippen molar-refractivity contribution in [3.8, 4) is 5.75 Å². The first-order chi connectivity index (χ1) is 10.2. The maximum atomic E-state index is 9.94. The molecule has 2 rings (SSSR count). The molecule has 3 heteroatoms. The van der Waals surface area contributed by atoms with Gasteiger partial charge in [0.25, 0.3) is 0 Å². The van der Waals surface area contributed by atoms with E-state index in [1.807, 2.05) is 19.2 Å². The standard InChI is InChI=1S/C18H24N2O/c1-20-17-7-4-8-18(21)16(17)6-3-2-5-14-9-11-15(13-19)12-10-14/h4,7-12,20-21H,2-3,5-6,13,19H2,1H3. The zero-order chi connectivity index (χ0) is 15.1. The van der Waals surface area contributed by atoms with Crippen LogP contribution in [0.3, 0.4) is 0 Å². The van der Waals surface area contributed by atoms with Crippen LogP contribution in [0.4, 0.5) is 5.69 Å². The number of benzene rings is 2. The number of hydrogen-bond donors (Lipinski definition) is 3. The smallest absolute Gasteiger partial charge is 0.120 e. The van der Waals surface area contributed by atoms with Crippen molar-refractivity contribution in [1.82, 2.24) is 0 Å². The highest BCUT2D eigenvalue weighted by atomic mass is 16.3. The van der Waals surface area contributed by atoms with E-state index in [0.717, 1.165) is 36.9 Å². The van der Waals surface area contributed by atoms with Crippen LogP contribution in [0, 0.1) is 0 Å². The van der Waals surface area contributed by atoms with Gasteiger partial charge in [-0.15, -0.1) is 0 Å². The van der Waals surface area contributed by atoms with Gasteiger partial charge in [0, 0.05) is 24.8 Å². The van der Waals surface area contributed by atoms with Crippen molar-refractivity contribution >= 4 is 5.69 Å². The molecule has 0 spiro atoms. The molecule has 0 fully saturated rings. The van der Waals surface area contributed by atoms with Crippen LogP contribution in [0.2, 0.25) is 0 Å². The van der Waals surface area contributed by atoms with Gasteiger partial charge in [0.05, 0.1) is 0 Å². The van der Waals surface area contributed by atoms with Crippen LogP contribution < -0.4 is 11.1 Å². The molecule has 0 unspecified atom stereocenters. The first kappa shape index (κ1) is 15.4. The van der Waals surface area contributed by atoms with Gasteiger partial charge in [0.1, 0.15) is 5.75 Å². The van der Waals surface area contributed by atoms with E-state index in [-0.39, 0.29) is 0 Å². The van der Waals surface area contributed by atoms with Crippen LogP contribution in [0.15, 0.2) is 42.5 Å². The molecule has 0 aromatic heterocycles. The van der Waals surface area contributed by atoms with Crippen LogP contribution in [0.1, 0.15) is 29.5 Å². The molecule has 3 nitrogen and oxygen atoms in total. The van der Waals surface area contributed by atoms with Gasteiger partial charge in [-0.2, -0.15) is 0 Å². The molecule has 0 atom stereocenters. The summed E-state index contributed by atoms with van der Waals surface area (Å²) >= 11 is 0. The van der Waals surface area contributed by atoms with E-state index in [4.69, 9.17) is 5.73 Å². The van der Waals surface area contributed by atoms with E-state index < -0.39 is 0 Å². The number of aryl methyl sites for hydroxylation is 1. The largest absolute Gasteiger partial charge is 0.508 e. The van der Waals surface area contributed by atoms with Gasteiger partial charge in [-0.3, -0.25) is 0 Å². The van der Waals surface area contributed by atoms with Crippen molar-refractivity contribution in [3.05, 3.63) is 59.2 Å². The predicted molar refractivity (Wildman–Crippen MR) is 88.6 cm³/mol. The summed E-state index contributed by atoms with van der Waals surface area (Å²) in [6.07, 6.45) is 4.13. The van der Waals surface area contributed by atoms with Crippen molar-refractivity contribution in [2.45, 2.75) is 32.2 Å². The number of nitrogens with two attached hydrogens (primary N) is 1. The maximum absolute atomic E-state index is 9.94. The number of rotatable bonds is 7. The summed E-state index contributed by atoms with van der Waals surface area (Å²) in [5.74, 6) is 0.383. The summed E-state index contributed by atoms with van der Waals surface area (Å²) in [7, 11) is 1.89. The Hall–Kier alpha value is -2.00. The Morgan fingerprint density at radius 3 is 2.29 bits per heavy atom. The summed E-state index contributed by atoms with van der Waals surface area (Å²) < 4.78 is 0. The molecule has 112 valence electrons.